The van der Waals surface area contributed by atoms with Crippen molar-refractivity contribution in [3.63, 3.8) is 0 Å². The fourth-order valence-electron chi connectivity index (χ4n) is 3.00. The zero-order valence-electron chi connectivity index (χ0n) is 16.1. The Bertz CT molecular complexity index is 749. The third kappa shape index (κ3) is 5.81. The van der Waals surface area contributed by atoms with E-state index < -0.39 is 10.0 Å². The maximum atomic E-state index is 13.2. The number of hydrogen-bond donors (Lipinski definition) is 1. The molecule has 0 spiro atoms. The lowest BCUT2D eigenvalue weighted by atomic mass is 10.2. The zero-order valence-corrected chi connectivity index (χ0v) is 17.6. The highest BCUT2D eigenvalue weighted by Gasteiger charge is 2.29. The van der Waals surface area contributed by atoms with Crippen LogP contribution in [-0.4, -0.2) is 69.9 Å². The van der Waals surface area contributed by atoms with Gasteiger partial charge in [0.05, 0.1) is 7.11 Å². The number of carbonyl (C=O) groups is 1. The molecule has 7 nitrogen and oxygen atoms in total. The molecule has 0 aromatic heterocycles. The summed E-state index contributed by atoms with van der Waals surface area (Å²) in [6.07, 6.45) is 0.148. The molecule has 152 valence electrons. The Morgan fingerprint density at radius 3 is 2.59 bits per heavy atom. The minimum absolute atomic E-state index is 0.0211. The predicted molar refractivity (Wildman–Crippen MR) is 106 cm³/mol. The van der Waals surface area contributed by atoms with Crippen molar-refractivity contribution in [1.29, 1.82) is 0 Å². The van der Waals surface area contributed by atoms with Gasteiger partial charge in [0.1, 0.15) is 10.6 Å². The molecule has 1 amide bonds. The van der Waals surface area contributed by atoms with Gasteiger partial charge >= 0.3 is 0 Å². The van der Waals surface area contributed by atoms with E-state index in [0.29, 0.717) is 24.7 Å². The Hall–Kier alpha value is -1.35. The number of carbonyl (C=O) groups excluding carboxylic acids is 1. The molecule has 2 rings (SSSR count). The highest BCUT2D eigenvalue weighted by atomic mass is 35.5. The van der Waals surface area contributed by atoms with Crippen LogP contribution in [0.5, 0.6) is 5.75 Å². The average molecular weight is 418 g/mol. The molecule has 0 bridgehead atoms. The van der Waals surface area contributed by atoms with Crippen molar-refractivity contribution in [2.45, 2.75) is 25.2 Å². The number of rotatable bonds is 8. The number of ether oxygens (including phenoxy) is 1. The lowest BCUT2D eigenvalue weighted by Crippen LogP contribution is -2.47. The van der Waals surface area contributed by atoms with Gasteiger partial charge in [0.25, 0.3) is 0 Å². The van der Waals surface area contributed by atoms with Gasteiger partial charge in [0, 0.05) is 50.7 Å². The van der Waals surface area contributed by atoms with Gasteiger partial charge in [0.2, 0.25) is 15.9 Å². The van der Waals surface area contributed by atoms with Crippen molar-refractivity contribution in [2.24, 2.45) is 5.92 Å². The number of nitrogens with zero attached hydrogens (tertiary/aromatic N) is 2. The lowest BCUT2D eigenvalue weighted by Gasteiger charge is -2.29. The smallest absolute Gasteiger partial charge is 0.246 e. The molecule has 1 fully saturated rings. The van der Waals surface area contributed by atoms with Gasteiger partial charge in [-0.05, 0) is 24.1 Å². The maximum absolute atomic E-state index is 13.2. The summed E-state index contributed by atoms with van der Waals surface area (Å²) < 4.78 is 33.1. The summed E-state index contributed by atoms with van der Waals surface area (Å²) in [5, 5.41) is 3.51. The Morgan fingerprint density at radius 2 is 2.00 bits per heavy atom. The van der Waals surface area contributed by atoms with Crippen LogP contribution in [0, 0.1) is 5.92 Å². The van der Waals surface area contributed by atoms with Crippen molar-refractivity contribution < 1.29 is 17.9 Å². The van der Waals surface area contributed by atoms with Crippen LogP contribution in [0.4, 0.5) is 0 Å². The van der Waals surface area contributed by atoms with Gasteiger partial charge in [-0.1, -0.05) is 25.4 Å². The molecule has 1 saturated heterocycles. The van der Waals surface area contributed by atoms with Gasteiger partial charge in [-0.25, -0.2) is 8.42 Å². The van der Waals surface area contributed by atoms with Gasteiger partial charge < -0.3 is 15.0 Å². The van der Waals surface area contributed by atoms with Gasteiger partial charge in [-0.15, -0.1) is 0 Å². The van der Waals surface area contributed by atoms with Crippen molar-refractivity contribution in [3.8, 4) is 5.75 Å². The number of amides is 1. The third-order valence-electron chi connectivity index (χ3n) is 4.36. The largest absolute Gasteiger partial charge is 0.495 e. The Labute approximate surface area is 166 Å². The molecule has 0 radical (unpaired) electrons. The van der Waals surface area contributed by atoms with E-state index >= 15 is 0 Å². The van der Waals surface area contributed by atoms with Gasteiger partial charge in [0.15, 0.2) is 0 Å². The number of sulfonamides is 1. The topological polar surface area (TPSA) is 79.0 Å². The molecule has 0 aliphatic carbocycles. The van der Waals surface area contributed by atoms with Crippen LogP contribution in [-0.2, 0) is 14.8 Å². The molecule has 1 aliphatic rings. The monoisotopic (exact) mass is 417 g/mol. The second kappa shape index (κ2) is 9.73. The van der Waals surface area contributed by atoms with Crippen LogP contribution >= 0.6 is 11.6 Å². The number of nitrogens with one attached hydrogen (secondary N) is 1. The maximum Gasteiger partial charge on any atom is 0.246 e. The van der Waals surface area contributed by atoms with Crippen LogP contribution in [0.3, 0.4) is 0 Å². The van der Waals surface area contributed by atoms with Gasteiger partial charge in [-0.2, -0.15) is 4.31 Å². The van der Waals surface area contributed by atoms with Crippen molar-refractivity contribution in [3.05, 3.63) is 23.2 Å². The molecule has 1 aromatic carbocycles. The molecule has 1 aromatic rings. The molecule has 9 heteroatoms. The summed E-state index contributed by atoms with van der Waals surface area (Å²) in [4.78, 5) is 14.3. The highest BCUT2D eigenvalue weighted by molar-refractivity contribution is 7.89. The average Bonchev–Trinajstić information content (AvgIpc) is 2.65. The molecular formula is C18H28ClN3O4S. The minimum atomic E-state index is -3.85. The molecule has 1 N–H and O–H groups in total. The third-order valence-corrected chi connectivity index (χ3v) is 6.48. The van der Waals surface area contributed by atoms with Crippen molar-refractivity contribution in [1.82, 2.24) is 14.5 Å². The standard InChI is InChI=1S/C18H28ClN3O4S/c1-14(2)13-22(9-6-18(23)21-10-7-20-8-11-21)27(24,25)17-12-15(19)4-5-16(17)26-3/h4-5,12,14,20H,6-11,13H2,1-3H3. The fourth-order valence-corrected chi connectivity index (χ4v) is 5.02. The highest BCUT2D eigenvalue weighted by Crippen LogP contribution is 2.30. The lowest BCUT2D eigenvalue weighted by molar-refractivity contribution is -0.131. The normalized spacial score (nSPS) is 15.4. The molecule has 0 atom stereocenters. The van der Waals surface area contributed by atoms with Crippen LogP contribution in [0.25, 0.3) is 0 Å². The van der Waals surface area contributed by atoms with E-state index in [1.807, 2.05) is 13.8 Å². The molecule has 27 heavy (non-hydrogen) atoms. The summed E-state index contributed by atoms with van der Waals surface area (Å²) in [6.45, 7) is 7.15. The van der Waals surface area contributed by atoms with E-state index in [2.05, 4.69) is 5.32 Å². The number of benzene rings is 1. The Balaban J connectivity index is 2.21. The van der Waals surface area contributed by atoms with E-state index in [1.165, 1.54) is 23.5 Å². The molecular weight excluding hydrogens is 390 g/mol. The zero-order chi connectivity index (χ0) is 20.0. The first-order valence-electron chi connectivity index (χ1n) is 9.08. The first kappa shape index (κ1) is 21.9. The van der Waals surface area contributed by atoms with E-state index in [-0.39, 0.29) is 35.4 Å². The summed E-state index contributed by atoms with van der Waals surface area (Å²) >= 11 is 6.01. The second-order valence-electron chi connectivity index (χ2n) is 6.93. The Kier molecular flexibility index (Phi) is 7.91. The van der Waals surface area contributed by atoms with E-state index in [1.54, 1.807) is 11.0 Å². The Morgan fingerprint density at radius 1 is 1.33 bits per heavy atom. The minimum Gasteiger partial charge on any atom is -0.495 e. The first-order chi connectivity index (χ1) is 12.8. The number of hydrogen-bond acceptors (Lipinski definition) is 5. The predicted octanol–water partition coefficient (Wildman–Crippen LogP) is 1.82. The molecule has 0 saturated carbocycles. The molecule has 1 heterocycles. The first-order valence-corrected chi connectivity index (χ1v) is 10.9. The van der Waals surface area contributed by atoms with E-state index in [0.717, 1.165) is 13.1 Å². The summed E-state index contributed by atoms with van der Waals surface area (Å²) in [5.41, 5.74) is 0. The number of methoxy groups -OCH3 is 1. The van der Waals surface area contributed by atoms with Crippen LogP contribution in [0.2, 0.25) is 5.02 Å². The van der Waals surface area contributed by atoms with E-state index in [4.69, 9.17) is 16.3 Å². The van der Waals surface area contributed by atoms with Crippen molar-refractivity contribution in [2.75, 3.05) is 46.4 Å². The quantitative estimate of drug-likeness (QED) is 0.697. The van der Waals surface area contributed by atoms with Crippen molar-refractivity contribution >= 4 is 27.5 Å². The summed E-state index contributed by atoms with van der Waals surface area (Å²) in [5.74, 6) is 0.319. The SMILES string of the molecule is COc1ccc(Cl)cc1S(=O)(=O)N(CCC(=O)N1CCNCC1)CC(C)C. The summed E-state index contributed by atoms with van der Waals surface area (Å²) in [6, 6.07) is 4.51. The number of piperazine rings is 1. The second-order valence-corrected chi connectivity index (χ2v) is 9.28. The van der Waals surface area contributed by atoms with Crippen LogP contribution in [0.15, 0.2) is 23.1 Å². The summed E-state index contributed by atoms with van der Waals surface area (Å²) in [7, 11) is -2.43. The van der Waals surface area contributed by atoms with E-state index in [9.17, 15) is 13.2 Å². The fraction of sp³-hybridized carbons (Fsp3) is 0.611. The molecule has 0 unspecified atom stereocenters. The van der Waals surface area contributed by atoms with Crippen LogP contribution in [0.1, 0.15) is 20.3 Å². The van der Waals surface area contributed by atoms with Gasteiger partial charge in [-0.3, -0.25) is 4.79 Å². The van der Waals surface area contributed by atoms with Crippen LogP contribution < -0.4 is 10.1 Å². The number of halogens is 1. The molecule has 1 aliphatic heterocycles.